The van der Waals surface area contributed by atoms with Gasteiger partial charge in [-0.25, -0.2) is 0 Å². The highest BCUT2D eigenvalue weighted by atomic mass is 32.1. The molecule has 0 aliphatic rings. The molecule has 13 heteroatoms. The van der Waals surface area contributed by atoms with E-state index in [2.05, 4.69) is 20.6 Å². The molecule has 0 fully saturated rings. The van der Waals surface area contributed by atoms with Crippen molar-refractivity contribution in [1.29, 1.82) is 0 Å². The van der Waals surface area contributed by atoms with Crippen molar-refractivity contribution < 1.29 is 31.1 Å². The first-order valence-electron chi connectivity index (χ1n) is 6.79. The van der Waals surface area contributed by atoms with Gasteiger partial charge in [0.05, 0.1) is 12.1 Å². The van der Waals surface area contributed by atoms with Crippen molar-refractivity contribution in [1.82, 2.24) is 25.1 Å². The zero-order chi connectivity index (χ0) is 19.1. The van der Waals surface area contributed by atoms with Gasteiger partial charge in [-0.1, -0.05) is 11.3 Å². The SMILES string of the molecule is O=C(NCc1nn2c(C(F)(F)F)nnc2s1)c1ccc(C(F)(F)F)cc1. The molecule has 2 heterocycles. The summed E-state index contributed by atoms with van der Waals surface area (Å²) in [5.41, 5.74) is -0.931. The van der Waals surface area contributed by atoms with Crippen LogP contribution in [0.3, 0.4) is 0 Å². The molecule has 0 saturated heterocycles. The first-order valence-corrected chi connectivity index (χ1v) is 7.61. The van der Waals surface area contributed by atoms with Crippen LogP contribution in [-0.2, 0) is 18.9 Å². The van der Waals surface area contributed by atoms with Crippen LogP contribution in [0.1, 0.15) is 26.8 Å². The first kappa shape index (κ1) is 18.1. The molecule has 1 aromatic carbocycles. The van der Waals surface area contributed by atoms with Crippen molar-refractivity contribution >= 4 is 22.2 Å². The van der Waals surface area contributed by atoms with Gasteiger partial charge >= 0.3 is 12.4 Å². The third kappa shape index (κ3) is 3.61. The molecule has 1 amide bonds. The Kier molecular flexibility index (Phi) is 4.34. The second-order valence-corrected chi connectivity index (χ2v) is 6.01. The van der Waals surface area contributed by atoms with E-state index >= 15 is 0 Å². The van der Waals surface area contributed by atoms with Crippen molar-refractivity contribution in [3.8, 4) is 0 Å². The summed E-state index contributed by atoms with van der Waals surface area (Å²) in [5, 5.41) is 12.5. The van der Waals surface area contributed by atoms with Crippen LogP contribution < -0.4 is 5.32 Å². The van der Waals surface area contributed by atoms with E-state index in [0.29, 0.717) is 4.52 Å². The number of alkyl halides is 6. The minimum absolute atomic E-state index is 0.0306. The number of fused-ring (bicyclic) bond motifs is 1. The second-order valence-electron chi connectivity index (χ2n) is 4.97. The first-order chi connectivity index (χ1) is 12.1. The van der Waals surface area contributed by atoms with Crippen molar-refractivity contribution in [2.75, 3.05) is 0 Å². The number of carbonyl (C=O) groups is 1. The zero-order valence-corrected chi connectivity index (χ0v) is 13.2. The van der Waals surface area contributed by atoms with Gasteiger partial charge in [0.1, 0.15) is 5.01 Å². The fourth-order valence-corrected chi connectivity index (χ4v) is 2.75. The number of aromatic nitrogens is 4. The molecule has 0 aliphatic heterocycles. The predicted octanol–water partition coefficient (Wildman–Crippen LogP) is 3.15. The van der Waals surface area contributed by atoms with Crippen molar-refractivity contribution in [3.05, 3.63) is 46.2 Å². The fourth-order valence-electron chi connectivity index (χ4n) is 1.97. The van der Waals surface area contributed by atoms with E-state index in [0.717, 1.165) is 35.6 Å². The van der Waals surface area contributed by atoms with Gasteiger partial charge in [0.15, 0.2) is 0 Å². The van der Waals surface area contributed by atoms with Crippen molar-refractivity contribution in [2.24, 2.45) is 0 Å². The van der Waals surface area contributed by atoms with Crippen LogP contribution >= 0.6 is 11.3 Å². The van der Waals surface area contributed by atoms with E-state index < -0.39 is 29.6 Å². The Hall–Kier alpha value is -2.70. The van der Waals surface area contributed by atoms with Gasteiger partial charge in [-0.2, -0.15) is 36.0 Å². The Labute approximate surface area is 144 Å². The van der Waals surface area contributed by atoms with Crippen molar-refractivity contribution in [3.63, 3.8) is 0 Å². The van der Waals surface area contributed by atoms with Gasteiger partial charge < -0.3 is 5.32 Å². The van der Waals surface area contributed by atoms with E-state index in [-0.39, 0.29) is 22.1 Å². The molecule has 1 N–H and O–H groups in total. The minimum Gasteiger partial charge on any atom is -0.345 e. The van der Waals surface area contributed by atoms with E-state index in [4.69, 9.17) is 0 Å². The standard InChI is InChI=1S/C13H7F6N5OS/c14-12(15,16)7-3-1-6(2-4-7)9(25)20-5-8-23-24-10(13(17,18)19)21-22-11(24)26-8/h1-4H,5H2,(H,20,25). The molecule has 3 rings (SSSR count). The molecule has 2 aromatic heterocycles. The van der Waals surface area contributed by atoms with Gasteiger partial charge in [-0.3, -0.25) is 4.79 Å². The molecule has 0 unspecified atom stereocenters. The van der Waals surface area contributed by atoms with Crippen LogP contribution in [0.5, 0.6) is 0 Å². The molecule has 26 heavy (non-hydrogen) atoms. The smallest absolute Gasteiger partial charge is 0.345 e. The maximum absolute atomic E-state index is 12.7. The predicted molar refractivity (Wildman–Crippen MR) is 76.3 cm³/mol. The number of amides is 1. The Morgan fingerprint density at radius 2 is 1.69 bits per heavy atom. The summed E-state index contributed by atoms with van der Waals surface area (Å²) in [6, 6.07) is 3.51. The topological polar surface area (TPSA) is 72.2 Å². The summed E-state index contributed by atoms with van der Waals surface area (Å²) in [6.45, 7) is -0.217. The second kappa shape index (κ2) is 6.23. The summed E-state index contributed by atoms with van der Waals surface area (Å²) in [6.07, 6.45) is -9.25. The highest BCUT2D eigenvalue weighted by Crippen LogP contribution is 2.30. The van der Waals surface area contributed by atoms with Crippen LogP contribution in [-0.4, -0.2) is 25.7 Å². The van der Waals surface area contributed by atoms with Crippen molar-refractivity contribution in [2.45, 2.75) is 18.9 Å². The monoisotopic (exact) mass is 395 g/mol. The molecule has 6 nitrogen and oxygen atoms in total. The summed E-state index contributed by atoms with van der Waals surface area (Å²) in [4.78, 5) is 11.8. The summed E-state index contributed by atoms with van der Waals surface area (Å²) < 4.78 is 76.1. The molecule has 0 bridgehead atoms. The summed E-state index contributed by atoms with van der Waals surface area (Å²) in [5.74, 6) is -1.98. The molecular weight excluding hydrogens is 388 g/mol. The third-order valence-corrected chi connectivity index (χ3v) is 4.06. The van der Waals surface area contributed by atoms with Gasteiger partial charge in [0, 0.05) is 5.56 Å². The number of rotatable bonds is 3. The quantitative estimate of drug-likeness (QED) is 0.692. The van der Waals surface area contributed by atoms with Gasteiger partial charge in [0.2, 0.25) is 4.96 Å². The fraction of sp³-hybridized carbons (Fsp3) is 0.231. The lowest BCUT2D eigenvalue weighted by molar-refractivity contribution is -0.146. The Morgan fingerprint density at radius 1 is 1.04 bits per heavy atom. The third-order valence-electron chi connectivity index (χ3n) is 3.16. The molecule has 0 atom stereocenters. The zero-order valence-electron chi connectivity index (χ0n) is 12.4. The molecule has 138 valence electrons. The minimum atomic E-state index is -4.73. The van der Waals surface area contributed by atoms with Gasteiger partial charge in [-0.15, -0.1) is 10.2 Å². The van der Waals surface area contributed by atoms with E-state index in [1.54, 1.807) is 0 Å². The van der Waals surface area contributed by atoms with E-state index in [1.807, 2.05) is 0 Å². The van der Waals surface area contributed by atoms with Crippen LogP contribution in [0.4, 0.5) is 26.3 Å². The number of hydrogen-bond donors (Lipinski definition) is 1. The average Bonchev–Trinajstić information content (AvgIpc) is 3.10. The normalized spacial score (nSPS) is 12.5. The average molecular weight is 395 g/mol. The number of hydrogen-bond acceptors (Lipinski definition) is 5. The number of nitrogens with one attached hydrogen (secondary N) is 1. The highest BCUT2D eigenvalue weighted by Gasteiger charge is 2.38. The number of halogens is 6. The maximum atomic E-state index is 12.7. The number of nitrogens with zero attached hydrogens (tertiary/aromatic N) is 4. The molecule has 3 aromatic rings. The van der Waals surface area contributed by atoms with Crippen LogP contribution in [0.15, 0.2) is 24.3 Å². The number of carbonyl (C=O) groups excluding carboxylic acids is 1. The molecule has 0 saturated carbocycles. The molecule has 0 aliphatic carbocycles. The number of benzene rings is 1. The highest BCUT2D eigenvalue weighted by molar-refractivity contribution is 7.16. The maximum Gasteiger partial charge on any atom is 0.453 e. The summed E-state index contributed by atoms with van der Waals surface area (Å²) >= 11 is 0.792. The van der Waals surface area contributed by atoms with E-state index in [9.17, 15) is 31.1 Å². The summed E-state index contributed by atoms with van der Waals surface area (Å²) in [7, 11) is 0. The Balaban J connectivity index is 1.70. The van der Waals surface area contributed by atoms with Crippen LogP contribution in [0, 0.1) is 0 Å². The van der Waals surface area contributed by atoms with E-state index in [1.165, 1.54) is 0 Å². The van der Waals surface area contributed by atoms with Crippen LogP contribution in [0.2, 0.25) is 0 Å². The largest absolute Gasteiger partial charge is 0.453 e. The molecule has 0 radical (unpaired) electrons. The lowest BCUT2D eigenvalue weighted by Crippen LogP contribution is -2.23. The Bertz CT molecular complexity index is 943. The lowest BCUT2D eigenvalue weighted by Gasteiger charge is -2.07. The van der Waals surface area contributed by atoms with Crippen LogP contribution in [0.25, 0.3) is 4.96 Å². The molecular formula is C13H7F6N5OS. The lowest BCUT2D eigenvalue weighted by atomic mass is 10.1. The van der Waals surface area contributed by atoms with Gasteiger partial charge in [0.25, 0.3) is 11.7 Å². The Morgan fingerprint density at radius 3 is 2.27 bits per heavy atom. The van der Waals surface area contributed by atoms with Gasteiger partial charge in [-0.05, 0) is 24.3 Å². The molecule has 0 spiro atoms.